The van der Waals surface area contributed by atoms with Crippen molar-refractivity contribution in [1.82, 2.24) is 10.3 Å². The van der Waals surface area contributed by atoms with Gasteiger partial charge in [-0.15, -0.1) is 11.3 Å². The SMILES string of the molecule is CN(N)/C=C(\N)[C@@H]1CC2(CCN1)OCC(O)(C(F)F)c1cc(Cl)sc12. The number of hydrogen-bond acceptors (Lipinski definition) is 7. The molecule has 3 rings (SSSR count). The predicted molar refractivity (Wildman–Crippen MR) is 92.1 cm³/mol. The third-order valence-electron chi connectivity index (χ3n) is 4.72. The molecule has 1 saturated heterocycles. The first-order valence-electron chi connectivity index (χ1n) is 7.81. The third kappa shape index (κ3) is 3.24. The summed E-state index contributed by atoms with van der Waals surface area (Å²) < 4.78 is 33.1. The molecule has 3 heterocycles. The number of nitrogens with two attached hydrogens (primary N) is 2. The highest BCUT2D eigenvalue weighted by Crippen LogP contribution is 2.52. The molecule has 0 amide bonds. The van der Waals surface area contributed by atoms with Gasteiger partial charge in [-0.05, 0) is 19.0 Å². The van der Waals surface area contributed by atoms with E-state index in [-0.39, 0.29) is 11.6 Å². The van der Waals surface area contributed by atoms with Gasteiger partial charge in [0.25, 0.3) is 6.43 Å². The second-order valence-corrected chi connectivity index (χ2v) is 8.24. The maximum atomic E-state index is 13.5. The van der Waals surface area contributed by atoms with Gasteiger partial charge in [0.15, 0.2) is 5.60 Å². The van der Waals surface area contributed by atoms with E-state index in [0.717, 1.165) is 0 Å². The Morgan fingerprint density at radius 2 is 2.36 bits per heavy atom. The molecule has 0 bridgehead atoms. The van der Waals surface area contributed by atoms with Crippen LogP contribution in [0.3, 0.4) is 0 Å². The van der Waals surface area contributed by atoms with Crippen LogP contribution in [-0.2, 0) is 15.9 Å². The van der Waals surface area contributed by atoms with Crippen LogP contribution in [0.5, 0.6) is 0 Å². The van der Waals surface area contributed by atoms with Gasteiger partial charge >= 0.3 is 0 Å². The molecule has 0 saturated carbocycles. The van der Waals surface area contributed by atoms with E-state index in [1.165, 1.54) is 22.4 Å². The summed E-state index contributed by atoms with van der Waals surface area (Å²) in [5.74, 6) is 5.60. The van der Waals surface area contributed by atoms with Crippen LogP contribution in [0.4, 0.5) is 8.78 Å². The molecule has 2 aliphatic heterocycles. The molecule has 2 unspecified atom stereocenters. The van der Waals surface area contributed by atoms with Crippen LogP contribution in [0, 0.1) is 0 Å². The Balaban J connectivity index is 1.99. The number of piperidine rings is 1. The topological polar surface area (TPSA) is 96.8 Å². The zero-order chi connectivity index (χ0) is 18.4. The quantitative estimate of drug-likeness (QED) is 0.457. The Morgan fingerprint density at radius 3 is 3.00 bits per heavy atom. The molecule has 1 spiro atoms. The lowest BCUT2D eigenvalue weighted by Crippen LogP contribution is -2.55. The summed E-state index contributed by atoms with van der Waals surface area (Å²) in [4.78, 5) is 0.548. The van der Waals surface area contributed by atoms with Crippen LogP contribution in [0.25, 0.3) is 0 Å². The highest BCUT2D eigenvalue weighted by Gasteiger charge is 2.54. The number of alkyl halides is 2. The fraction of sp³-hybridized carbons (Fsp3) is 0.600. The zero-order valence-corrected chi connectivity index (χ0v) is 15.2. The van der Waals surface area contributed by atoms with Crippen molar-refractivity contribution in [3.05, 3.63) is 32.7 Å². The Kier molecular flexibility index (Phi) is 5.00. The van der Waals surface area contributed by atoms with Crippen molar-refractivity contribution in [3.8, 4) is 0 Å². The number of hydrazine groups is 1. The number of rotatable bonds is 3. The standard InChI is InChI=1S/C15H21ClF2N4O2S/c1-22(20)6-9(19)10-5-14(2-3-21-10)12-8(4-11(16)25-12)15(23,7-24-14)13(17)18/h4,6,10,13,21,23H,2-3,5,7,19-20H2,1H3/b9-6-/t10-,14?,15?/m0/s1. The molecule has 1 aromatic heterocycles. The van der Waals surface area contributed by atoms with Gasteiger partial charge < -0.3 is 25.9 Å². The van der Waals surface area contributed by atoms with E-state index in [0.29, 0.717) is 34.3 Å². The van der Waals surface area contributed by atoms with Gasteiger partial charge in [-0.25, -0.2) is 14.6 Å². The number of aliphatic hydroxyl groups is 1. The molecule has 140 valence electrons. The lowest BCUT2D eigenvalue weighted by Gasteiger charge is -2.47. The first-order valence-corrected chi connectivity index (χ1v) is 9.00. The molecule has 1 aromatic rings. The van der Waals surface area contributed by atoms with Crippen LogP contribution in [0.2, 0.25) is 4.34 Å². The van der Waals surface area contributed by atoms with Crippen LogP contribution in [0.15, 0.2) is 18.0 Å². The Morgan fingerprint density at radius 1 is 1.64 bits per heavy atom. The Hall–Kier alpha value is -0.970. The normalized spacial score (nSPS) is 32.9. The van der Waals surface area contributed by atoms with Crippen molar-refractivity contribution in [2.45, 2.75) is 36.5 Å². The molecule has 1 fully saturated rings. The average molecular weight is 395 g/mol. The van der Waals surface area contributed by atoms with Gasteiger partial charge in [-0.1, -0.05) is 11.6 Å². The molecular weight excluding hydrogens is 374 g/mol. The second-order valence-electron chi connectivity index (χ2n) is 6.56. The minimum absolute atomic E-state index is 0.155. The summed E-state index contributed by atoms with van der Waals surface area (Å²) >= 11 is 7.25. The minimum atomic E-state index is -2.97. The molecule has 10 heteroatoms. The van der Waals surface area contributed by atoms with Gasteiger partial charge in [-0.3, -0.25) is 0 Å². The third-order valence-corrected chi connectivity index (χ3v) is 6.17. The highest BCUT2D eigenvalue weighted by atomic mass is 35.5. The average Bonchev–Trinajstić information content (AvgIpc) is 2.95. The number of fused-ring (bicyclic) bond motifs is 2. The summed E-state index contributed by atoms with van der Waals surface area (Å²) in [5.41, 5.74) is 3.62. The molecule has 6 N–H and O–H groups in total. The van der Waals surface area contributed by atoms with Crippen LogP contribution in [-0.4, -0.2) is 42.8 Å². The largest absolute Gasteiger partial charge is 0.400 e. The minimum Gasteiger partial charge on any atom is -0.400 e. The molecule has 2 aliphatic rings. The number of nitrogens with one attached hydrogen (secondary N) is 1. The summed E-state index contributed by atoms with van der Waals surface area (Å²) in [6.45, 7) is 0.0907. The van der Waals surface area contributed by atoms with Gasteiger partial charge in [0, 0.05) is 35.8 Å². The molecular formula is C15H21ClF2N4O2S. The molecule has 0 aromatic carbocycles. The van der Waals surface area contributed by atoms with Crippen molar-refractivity contribution in [1.29, 1.82) is 0 Å². The van der Waals surface area contributed by atoms with E-state index >= 15 is 0 Å². The predicted octanol–water partition coefficient (Wildman–Crippen LogP) is 1.44. The van der Waals surface area contributed by atoms with Crippen molar-refractivity contribution in [2.24, 2.45) is 11.6 Å². The van der Waals surface area contributed by atoms with Crippen LogP contribution >= 0.6 is 22.9 Å². The Bertz CT molecular complexity index is 686. The number of ether oxygens (including phenoxy) is 1. The summed E-state index contributed by atoms with van der Waals surface area (Å²) in [7, 11) is 1.66. The van der Waals surface area contributed by atoms with E-state index in [1.54, 1.807) is 13.2 Å². The first-order chi connectivity index (χ1) is 11.7. The van der Waals surface area contributed by atoms with E-state index in [2.05, 4.69) is 5.32 Å². The maximum absolute atomic E-state index is 13.5. The second kappa shape index (κ2) is 6.64. The van der Waals surface area contributed by atoms with Gasteiger partial charge in [0.1, 0.15) is 5.60 Å². The molecule has 0 radical (unpaired) electrons. The maximum Gasteiger partial charge on any atom is 0.273 e. The monoisotopic (exact) mass is 394 g/mol. The molecule has 0 aliphatic carbocycles. The summed E-state index contributed by atoms with van der Waals surface area (Å²) in [6, 6.07) is 1.19. The van der Waals surface area contributed by atoms with Gasteiger partial charge in [0.2, 0.25) is 0 Å². The van der Waals surface area contributed by atoms with Gasteiger partial charge in [0.05, 0.1) is 17.0 Å². The van der Waals surface area contributed by atoms with E-state index in [1.807, 2.05) is 0 Å². The zero-order valence-electron chi connectivity index (χ0n) is 13.6. The molecule has 3 atom stereocenters. The number of nitrogens with zero attached hydrogens (tertiary/aromatic N) is 1. The summed E-state index contributed by atoms with van der Waals surface area (Å²) in [5, 5.41) is 15.1. The van der Waals surface area contributed by atoms with Crippen molar-refractivity contribution in [2.75, 3.05) is 20.2 Å². The van der Waals surface area contributed by atoms with Crippen molar-refractivity contribution in [3.63, 3.8) is 0 Å². The van der Waals surface area contributed by atoms with E-state index in [4.69, 9.17) is 27.9 Å². The van der Waals surface area contributed by atoms with Gasteiger partial charge in [-0.2, -0.15) is 0 Å². The Labute approximate surface area is 153 Å². The first kappa shape index (κ1) is 18.8. The van der Waals surface area contributed by atoms with Crippen LogP contribution < -0.4 is 16.9 Å². The van der Waals surface area contributed by atoms with E-state index in [9.17, 15) is 13.9 Å². The molecule has 25 heavy (non-hydrogen) atoms. The van der Waals surface area contributed by atoms with E-state index < -0.39 is 24.2 Å². The number of thiophene rings is 1. The fourth-order valence-electron chi connectivity index (χ4n) is 3.44. The lowest BCUT2D eigenvalue weighted by molar-refractivity contribution is -0.203. The van der Waals surface area contributed by atoms with Crippen molar-refractivity contribution >= 4 is 22.9 Å². The molecule has 6 nitrogen and oxygen atoms in total. The van der Waals surface area contributed by atoms with Crippen molar-refractivity contribution < 1.29 is 18.6 Å². The number of hydrogen-bond donors (Lipinski definition) is 4. The lowest BCUT2D eigenvalue weighted by atomic mass is 9.78. The number of halogens is 3. The van der Waals surface area contributed by atoms with Crippen LogP contribution in [0.1, 0.15) is 23.3 Å². The summed E-state index contributed by atoms with van der Waals surface area (Å²) in [6.07, 6.45) is -0.371. The smallest absolute Gasteiger partial charge is 0.273 e. The fourth-order valence-corrected chi connectivity index (χ4v) is 4.93. The highest BCUT2D eigenvalue weighted by molar-refractivity contribution is 7.16.